The molecule has 2 saturated heterocycles. The lowest BCUT2D eigenvalue weighted by atomic mass is 9.89. The van der Waals surface area contributed by atoms with Crippen molar-refractivity contribution in [3.63, 3.8) is 0 Å². The fourth-order valence-corrected chi connectivity index (χ4v) is 4.28. The number of rotatable bonds is 1. The quantitative estimate of drug-likeness (QED) is 0.644. The van der Waals surface area contributed by atoms with Gasteiger partial charge < -0.3 is 0 Å². The molecular formula is C9H18N2O2S. The summed E-state index contributed by atoms with van der Waals surface area (Å²) >= 11 is 0. The first-order valence-corrected chi connectivity index (χ1v) is 6.57. The molecule has 2 rings (SSSR count). The molecule has 2 aliphatic rings. The predicted molar refractivity (Wildman–Crippen MR) is 55.0 cm³/mol. The largest absolute Gasteiger partial charge is 0.282 e. The van der Waals surface area contributed by atoms with E-state index in [2.05, 4.69) is 13.8 Å². The molecule has 0 bridgehead atoms. The second-order valence-electron chi connectivity index (χ2n) is 4.66. The van der Waals surface area contributed by atoms with E-state index in [0.717, 1.165) is 6.42 Å². The van der Waals surface area contributed by atoms with Crippen LogP contribution in [0.25, 0.3) is 0 Å². The van der Waals surface area contributed by atoms with Gasteiger partial charge in [-0.1, -0.05) is 13.8 Å². The average Bonchev–Trinajstić information content (AvgIpc) is 2.55. The van der Waals surface area contributed by atoms with Gasteiger partial charge >= 0.3 is 0 Å². The zero-order chi connectivity index (χ0) is 10.5. The Labute approximate surface area is 86.1 Å². The molecule has 2 heterocycles. The topological polar surface area (TPSA) is 40.6 Å². The molecule has 0 spiro atoms. The summed E-state index contributed by atoms with van der Waals surface area (Å²) in [5, 5.41) is 0. The number of nitrogens with zero attached hydrogens (tertiary/aromatic N) is 2. The van der Waals surface area contributed by atoms with Gasteiger partial charge in [0.1, 0.15) is 0 Å². The minimum Gasteiger partial charge on any atom is -0.195 e. The molecule has 0 saturated carbocycles. The van der Waals surface area contributed by atoms with Crippen LogP contribution in [0.15, 0.2) is 0 Å². The van der Waals surface area contributed by atoms with Crippen molar-refractivity contribution in [2.24, 2.45) is 11.8 Å². The Morgan fingerprint density at radius 1 is 1.36 bits per heavy atom. The van der Waals surface area contributed by atoms with Crippen LogP contribution in [-0.2, 0) is 10.2 Å². The maximum absolute atomic E-state index is 11.8. The van der Waals surface area contributed by atoms with Gasteiger partial charge in [-0.3, -0.25) is 0 Å². The molecular weight excluding hydrogens is 200 g/mol. The number of hydrogen-bond donors (Lipinski definition) is 0. The van der Waals surface area contributed by atoms with E-state index in [4.69, 9.17) is 0 Å². The van der Waals surface area contributed by atoms with Crippen molar-refractivity contribution in [2.45, 2.75) is 26.3 Å². The molecule has 0 radical (unpaired) electrons. The van der Waals surface area contributed by atoms with E-state index < -0.39 is 10.2 Å². The Balaban J connectivity index is 2.26. The van der Waals surface area contributed by atoms with Gasteiger partial charge in [0.25, 0.3) is 10.2 Å². The van der Waals surface area contributed by atoms with Gasteiger partial charge in [0.15, 0.2) is 0 Å². The Morgan fingerprint density at radius 3 is 2.57 bits per heavy atom. The molecule has 0 aromatic heterocycles. The highest BCUT2D eigenvalue weighted by atomic mass is 32.2. The van der Waals surface area contributed by atoms with Crippen LogP contribution in [-0.4, -0.2) is 43.2 Å². The predicted octanol–water partition coefficient (Wildman–Crippen LogP) is 0.523. The van der Waals surface area contributed by atoms with Crippen molar-refractivity contribution in [1.29, 1.82) is 0 Å². The molecule has 4 nitrogen and oxygen atoms in total. The van der Waals surface area contributed by atoms with Crippen LogP contribution in [0, 0.1) is 11.8 Å². The Hall–Kier alpha value is -0.130. The molecule has 0 aromatic carbocycles. The number of likely N-dealkylation sites (N-methyl/N-ethyl adjacent to an activating group) is 1. The summed E-state index contributed by atoms with van der Waals surface area (Å²) in [5.41, 5.74) is 0. The van der Waals surface area contributed by atoms with Gasteiger partial charge in [-0.25, -0.2) is 0 Å². The molecule has 0 N–H and O–H groups in total. The number of hydrogen-bond acceptors (Lipinski definition) is 2. The third-order valence-electron chi connectivity index (χ3n) is 3.54. The molecule has 0 amide bonds. The van der Waals surface area contributed by atoms with E-state index in [1.165, 1.54) is 4.31 Å². The van der Waals surface area contributed by atoms with Gasteiger partial charge in [0, 0.05) is 26.2 Å². The SMILES string of the molecule is CC(C)C1CCN2C1CN(C)S2(=O)=O. The minimum absolute atomic E-state index is 0.227. The van der Waals surface area contributed by atoms with E-state index >= 15 is 0 Å². The van der Waals surface area contributed by atoms with E-state index in [9.17, 15) is 8.42 Å². The molecule has 2 unspecified atom stereocenters. The van der Waals surface area contributed by atoms with Gasteiger partial charge in [-0.05, 0) is 18.3 Å². The lowest BCUT2D eigenvalue weighted by Crippen LogP contribution is -2.32. The van der Waals surface area contributed by atoms with Crippen molar-refractivity contribution >= 4 is 10.2 Å². The van der Waals surface area contributed by atoms with Crippen LogP contribution in [0.4, 0.5) is 0 Å². The lowest BCUT2D eigenvalue weighted by molar-refractivity contribution is 0.293. The highest BCUT2D eigenvalue weighted by Gasteiger charge is 2.49. The van der Waals surface area contributed by atoms with Crippen LogP contribution in [0.5, 0.6) is 0 Å². The van der Waals surface area contributed by atoms with Crippen LogP contribution in [0.2, 0.25) is 0 Å². The van der Waals surface area contributed by atoms with Crippen LogP contribution < -0.4 is 0 Å². The van der Waals surface area contributed by atoms with Crippen LogP contribution in [0.1, 0.15) is 20.3 Å². The fourth-order valence-electron chi connectivity index (χ4n) is 2.68. The Bertz CT molecular complexity index is 326. The third-order valence-corrected chi connectivity index (χ3v) is 5.52. The van der Waals surface area contributed by atoms with E-state index in [1.54, 1.807) is 11.4 Å². The summed E-state index contributed by atoms with van der Waals surface area (Å²) < 4.78 is 26.7. The first-order valence-electron chi connectivity index (χ1n) is 5.17. The average molecular weight is 218 g/mol. The van der Waals surface area contributed by atoms with Gasteiger partial charge in [0.2, 0.25) is 0 Å². The molecule has 0 aromatic rings. The molecule has 2 atom stereocenters. The third kappa shape index (κ3) is 1.30. The van der Waals surface area contributed by atoms with E-state index in [-0.39, 0.29) is 6.04 Å². The minimum atomic E-state index is -3.10. The monoisotopic (exact) mass is 218 g/mol. The summed E-state index contributed by atoms with van der Waals surface area (Å²) in [6.45, 7) is 5.74. The maximum atomic E-state index is 11.8. The summed E-state index contributed by atoms with van der Waals surface area (Å²) in [6.07, 6.45) is 1.02. The standard InChI is InChI=1S/C9H18N2O2S/c1-7(2)8-4-5-11-9(8)6-10(3)14(11,12)13/h7-9H,4-6H2,1-3H3. The summed E-state index contributed by atoms with van der Waals surface area (Å²) in [5.74, 6) is 1.11. The van der Waals surface area contributed by atoms with E-state index in [1.807, 2.05) is 0 Å². The zero-order valence-corrected chi connectivity index (χ0v) is 9.79. The molecule has 2 fully saturated rings. The number of fused-ring (bicyclic) bond motifs is 1. The van der Waals surface area contributed by atoms with E-state index in [0.29, 0.717) is 24.9 Å². The second-order valence-corrected chi connectivity index (χ2v) is 6.65. The molecule has 0 aliphatic carbocycles. The van der Waals surface area contributed by atoms with Crippen molar-refractivity contribution in [3.05, 3.63) is 0 Å². The first kappa shape index (κ1) is 10.4. The molecule has 14 heavy (non-hydrogen) atoms. The van der Waals surface area contributed by atoms with Crippen LogP contribution >= 0.6 is 0 Å². The van der Waals surface area contributed by atoms with Crippen molar-refractivity contribution < 1.29 is 8.42 Å². The fraction of sp³-hybridized carbons (Fsp3) is 1.00. The van der Waals surface area contributed by atoms with Gasteiger partial charge in [-0.15, -0.1) is 0 Å². The van der Waals surface area contributed by atoms with Crippen molar-refractivity contribution in [2.75, 3.05) is 20.1 Å². The Morgan fingerprint density at radius 2 is 2.00 bits per heavy atom. The lowest BCUT2D eigenvalue weighted by Gasteiger charge is -2.20. The smallest absolute Gasteiger partial charge is 0.195 e. The highest BCUT2D eigenvalue weighted by Crippen LogP contribution is 2.37. The van der Waals surface area contributed by atoms with Crippen LogP contribution in [0.3, 0.4) is 0 Å². The van der Waals surface area contributed by atoms with Crippen molar-refractivity contribution in [1.82, 2.24) is 8.61 Å². The second kappa shape index (κ2) is 3.18. The maximum Gasteiger partial charge on any atom is 0.282 e. The zero-order valence-electron chi connectivity index (χ0n) is 8.97. The normalized spacial score (nSPS) is 38.0. The first-order chi connectivity index (χ1) is 6.44. The van der Waals surface area contributed by atoms with Gasteiger partial charge in [0.05, 0.1) is 0 Å². The molecule has 5 heteroatoms. The Kier molecular flexibility index (Phi) is 2.36. The summed E-state index contributed by atoms with van der Waals surface area (Å²) in [7, 11) is -1.43. The van der Waals surface area contributed by atoms with Crippen molar-refractivity contribution in [3.8, 4) is 0 Å². The highest BCUT2D eigenvalue weighted by molar-refractivity contribution is 7.87. The summed E-state index contributed by atoms with van der Waals surface area (Å²) in [4.78, 5) is 0. The summed E-state index contributed by atoms with van der Waals surface area (Å²) in [6, 6.07) is 0.227. The van der Waals surface area contributed by atoms with Gasteiger partial charge in [-0.2, -0.15) is 17.0 Å². The molecule has 2 aliphatic heterocycles. The molecule has 82 valence electrons.